The Labute approximate surface area is 139 Å². The van der Waals surface area contributed by atoms with Gasteiger partial charge in [0.25, 0.3) is 0 Å². The Morgan fingerprint density at radius 2 is 2.21 bits per heavy atom. The van der Waals surface area contributed by atoms with Gasteiger partial charge in [-0.05, 0) is 6.07 Å². The van der Waals surface area contributed by atoms with E-state index in [1.54, 1.807) is 0 Å². The van der Waals surface area contributed by atoms with Crippen molar-refractivity contribution in [2.24, 2.45) is 0 Å². The molecule has 13 heteroatoms. The summed E-state index contributed by atoms with van der Waals surface area (Å²) in [6.45, 7) is -0.795. The van der Waals surface area contributed by atoms with E-state index in [0.29, 0.717) is 4.31 Å². The Kier molecular flexibility index (Phi) is 3.81. The van der Waals surface area contributed by atoms with Crippen LogP contribution in [0.25, 0.3) is 0 Å². The maximum absolute atomic E-state index is 12.9. The van der Waals surface area contributed by atoms with Crippen molar-refractivity contribution in [3.05, 3.63) is 33.6 Å². The minimum absolute atomic E-state index is 0.0309. The summed E-state index contributed by atoms with van der Waals surface area (Å²) in [5.41, 5.74) is 4.99. The standard InChI is InChI=1S/C11H11ClN6O5S/c12-5-1-7(9(13)14-2-5)24(22,23)18-4-8-15-16-11(21)17(8)3-6(18)10(19)20/h1-2,6H,3-4H2,(H2,13,14)(H,16,21)(H,19,20). The molecule has 0 aliphatic carbocycles. The molecule has 24 heavy (non-hydrogen) atoms. The van der Waals surface area contributed by atoms with Gasteiger partial charge < -0.3 is 10.8 Å². The zero-order valence-electron chi connectivity index (χ0n) is 11.9. The average Bonchev–Trinajstić information content (AvgIpc) is 2.89. The van der Waals surface area contributed by atoms with Crippen molar-refractivity contribution in [2.75, 3.05) is 5.73 Å². The number of H-pyrrole nitrogens is 1. The number of carboxylic acid groups (broad SMARTS) is 1. The molecule has 0 radical (unpaired) electrons. The smallest absolute Gasteiger partial charge is 0.343 e. The molecule has 1 unspecified atom stereocenters. The molecule has 1 atom stereocenters. The third kappa shape index (κ3) is 2.53. The monoisotopic (exact) mass is 374 g/mol. The Morgan fingerprint density at radius 3 is 2.88 bits per heavy atom. The van der Waals surface area contributed by atoms with Crippen LogP contribution in [0.4, 0.5) is 5.82 Å². The van der Waals surface area contributed by atoms with Gasteiger partial charge in [0, 0.05) is 6.20 Å². The molecule has 3 heterocycles. The van der Waals surface area contributed by atoms with Crippen LogP contribution in [0.5, 0.6) is 0 Å². The number of anilines is 1. The molecule has 2 aromatic rings. The fourth-order valence-electron chi connectivity index (χ4n) is 2.39. The molecule has 1 aliphatic rings. The van der Waals surface area contributed by atoms with E-state index in [-0.39, 0.29) is 23.2 Å². The van der Waals surface area contributed by atoms with Crippen LogP contribution in [-0.2, 0) is 27.9 Å². The SMILES string of the molecule is Nc1ncc(Cl)cc1S(=O)(=O)N1Cc2n[nH]c(=O)n2CC1C(=O)O. The predicted molar refractivity (Wildman–Crippen MR) is 80.7 cm³/mol. The summed E-state index contributed by atoms with van der Waals surface area (Å²) in [5, 5.41) is 15.3. The third-order valence-electron chi connectivity index (χ3n) is 3.56. The maximum atomic E-state index is 12.9. The summed E-state index contributed by atoms with van der Waals surface area (Å²) >= 11 is 5.77. The summed E-state index contributed by atoms with van der Waals surface area (Å²) in [6.07, 6.45) is 1.17. The number of hydrogen-bond acceptors (Lipinski definition) is 7. The molecule has 0 spiro atoms. The van der Waals surface area contributed by atoms with Crippen LogP contribution < -0.4 is 11.4 Å². The second kappa shape index (κ2) is 5.58. The quantitative estimate of drug-likeness (QED) is 0.606. The minimum Gasteiger partial charge on any atom is -0.480 e. The molecule has 11 nitrogen and oxygen atoms in total. The van der Waals surface area contributed by atoms with Gasteiger partial charge in [-0.25, -0.2) is 23.3 Å². The first-order valence-corrected chi connectivity index (χ1v) is 8.33. The maximum Gasteiger partial charge on any atom is 0.343 e. The van der Waals surface area contributed by atoms with Crippen molar-refractivity contribution in [1.82, 2.24) is 24.1 Å². The van der Waals surface area contributed by atoms with Gasteiger partial charge in [0.2, 0.25) is 10.0 Å². The Balaban J connectivity index is 2.13. The number of aromatic amines is 1. The van der Waals surface area contributed by atoms with Gasteiger partial charge in [-0.1, -0.05) is 11.6 Å². The van der Waals surface area contributed by atoms with Crippen LogP contribution in [-0.4, -0.2) is 49.6 Å². The molecule has 3 rings (SSSR count). The topological polar surface area (TPSA) is 164 Å². The van der Waals surface area contributed by atoms with E-state index in [4.69, 9.17) is 17.3 Å². The highest BCUT2D eigenvalue weighted by Gasteiger charge is 2.42. The number of carbonyl (C=O) groups is 1. The second-order valence-corrected chi connectivity index (χ2v) is 7.29. The summed E-state index contributed by atoms with van der Waals surface area (Å²) < 4.78 is 27.5. The molecule has 0 saturated carbocycles. The van der Waals surface area contributed by atoms with E-state index in [9.17, 15) is 23.1 Å². The molecule has 4 N–H and O–H groups in total. The average molecular weight is 375 g/mol. The summed E-state index contributed by atoms with van der Waals surface area (Å²) in [7, 11) is -4.33. The minimum atomic E-state index is -4.33. The largest absolute Gasteiger partial charge is 0.480 e. The van der Waals surface area contributed by atoms with Crippen molar-refractivity contribution in [3.8, 4) is 0 Å². The number of fused-ring (bicyclic) bond motifs is 1. The lowest BCUT2D eigenvalue weighted by atomic mass is 10.2. The number of hydrogen-bond donors (Lipinski definition) is 3. The van der Waals surface area contributed by atoms with Crippen LogP contribution in [0.15, 0.2) is 22.0 Å². The van der Waals surface area contributed by atoms with Gasteiger partial charge >= 0.3 is 11.7 Å². The highest BCUT2D eigenvalue weighted by molar-refractivity contribution is 7.89. The Morgan fingerprint density at radius 1 is 1.50 bits per heavy atom. The normalized spacial score (nSPS) is 18.3. The molecule has 0 fully saturated rings. The van der Waals surface area contributed by atoms with E-state index >= 15 is 0 Å². The van der Waals surface area contributed by atoms with Crippen LogP contribution in [0.3, 0.4) is 0 Å². The number of aromatic nitrogens is 4. The van der Waals surface area contributed by atoms with Crippen molar-refractivity contribution in [2.45, 2.75) is 24.0 Å². The van der Waals surface area contributed by atoms with Gasteiger partial charge in [0.1, 0.15) is 22.6 Å². The molecular formula is C11H11ClN6O5S. The molecule has 2 aromatic heterocycles. The molecule has 0 bridgehead atoms. The first-order chi connectivity index (χ1) is 11.2. The summed E-state index contributed by atoms with van der Waals surface area (Å²) in [5.74, 6) is -1.63. The Hall–Kier alpha value is -2.44. The van der Waals surface area contributed by atoms with Crippen molar-refractivity contribution < 1.29 is 18.3 Å². The van der Waals surface area contributed by atoms with Gasteiger partial charge in [-0.15, -0.1) is 0 Å². The van der Waals surface area contributed by atoms with E-state index in [0.717, 1.165) is 10.6 Å². The number of pyridine rings is 1. The lowest BCUT2D eigenvalue weighted by molar-refractivity contribution is -0.142. The molecule has 128 valence electrons. The van der Waals surface area contributed by atoms with Gasteiger partial charge in [-0.2, -0.15) is 9.40 Å². The highest BCUT2D eigenvalue weighted by atomic mass is 35.5. The lowest BCUT2D eigenvalue weighted by Gasteiger charge is -2.31. The van der Waals surface area contributed by atoms with E-state index in [2.05, 4.69) is 15.2 Å². The van der Waals surface area contributed by atoms with Crippen LogP contribution in [0.2, 0.25) is 5.02 Å². The third-order valence-corrected chi connectivity index (χ3v) is 5.65. The van der Waals surface area contributed by atoms with Gasteiger partial charge in [0.15, 0.2) is 0 Å². The first kappa shape index (κ1) is 16.4. The molecular weight excluding hydrogens is 364 g/mol. The molecule has 0 aromatic carbocycles. The number of nitrogens with two attached hydrogens (primary N) is 1. The number of nitrogen functional groups attached to an aromatic ring is 1. The number of nitrogens with zero attached hydrogens (tertiary/aromatic N) is 4. The van der Waals surface area contributed by atoms with E-state index in [1.807, 2.05) is 0 Å². The second-order valence-electron chi connectivity index (χ2n) is 5.00. The number of aliphatic carboxylic acids is 1. The fraction of sp³-hybridized carbons (Fsp3) is 0.273. The van der Waals surface area contributed by atoms with Crippen molar-refractivity contribution in [1.29, 1.82) is 0 Å². The van der Waals surface area contributed by atoms with E-state index in [1.165, 1.54) is 6.20 Å². The first-order valence-electron chi connectivity index (χ1n) is 6.51. The predicted octanol–water partition coefficient (Wildman–Crippen LogP) is -1.14. The van der Waals surface area contributed by atoms with Crippen molar-refractivity contribution >= 4 is 33.4 Å². The number of rotatable bonds is 3. The van der Waals surface area contributed by atoms with Gasteiger partial charge in [0.05, 0.1) is 18.1 Å². The Bertz CT molecular complexity index is 983. The fourth-order valence-corrected chi connectivity index (χ4v) is 4.24. The van der Waals surface area contributed by atoms with Crippen LogP contribution >= 0.6 is 11.6 Å². The summed E-state index contributed by atoms with van der Waals surface area (Å²) in [4.78, 5) is 26.4. The zero-order valence-corrected chi connectivity index (χ0v) is 13.5. The molecule has 1 aliphatic heterocycles. The highest BCUT2D eigenvalue weighted by Crippen LogP contribution is 2.28. The van der Waals surface area contributed by atoms with Crippen LogP contribution in [0.1, 0.15) is 5.82 Å². The number of carboxylic acids is 1. The van der Waals surface area contributed by atoms with Crippen LogP contribution in [0, 0.1) is 0 Å². The summed E-state index contributed by atoms with van der Waals surface area (Å²) in [6, 6.07) is -0.416. The molecule has 0 saturated heterocycles. The van der Waals surface area contributed by atoms with E-state index < -0.39 is 39.2 Å². The van der Waals surface area contributed by atoms with Crippen molar-refractivity contribution in [3.63, 3.8) is 0 Å². The number of sulfonamides is 1. The number of halogens is 1. The lowest BCUT2D eigenvalue weighted by Crippen LogP contribution is -2.51. The molecule has 0 amide bonds. The number of nitrogens with one attached hydrogen (secondary N) is 1. The van der Waals surface area contributed by atoms with Gasteiger partial charge in [-0.3, -0.25) is 9.36 Å². The zero-order chi connectivity index (χ0) is 17.6.